The van der Waals surface area contributed by atoms with Crippen LogP contribution in [0.5, 0.6) is 0 Å². The summed E-state index contributed by atoms with van der Waals surface area (Å²) < 4.78 is 5.16. The maximum absolute atomic E-state index is 11.7. The van der Waals surface area contributed by atoms with Gasteiger partial charge < -0.3 is 10.1 Å². The number of carbonyl (C=O) groups excluding carboxylic acids is 1. The maximum Gasteiger partial charge on any atom is 0.408 e. The first-order valence-electron chi connectivity index (χ1n) is 6.35. The average Bonchev–Trinajstić information content (AvgIpc) is 2.25. The number of amides is 1. The van der Waals surface area contributed by atoms with Gasteiger partial charge in [0.1, 0.15) is 5.60 Å². The SMILES string of the molecule is Cc1c(C(C)NC(=O)OC(C)(C)C)cccc1[N+](=O)[O-]. The Labute approximate surface area is 118 Å². The van der Waals surface area contributed by atoms with E-state index in [4.69, 9.17) is 4.74 Å². The molecule has 1 N–H and O–H groups in total. The quantitative estimate of drug-likeness (QED) is 0.678. The standard InChI is InChI=1S/C14H20N2O4/c1-9-11(7-6-8-12(9)16(18)19)10(2)15-13(17)20-14(3,4)5/h6-8,10H,1-5H3,(H,15,17). The number of nitrogens with one attached hydrogen (secondary N) is 1. The van der Waals surface area contributed by atoms with Crippen LogP contribution in [0.2, 0.25) is 0 Å². The molecule has 0 radical (unpaired) electrons. The van der Waals surface area contributed by atoms with Crippen molar-refractivity contribution in [3.63, 3.8) is 0 Å². The van der Waals surface area contributed by atoms with Crippen molar-refractivity contribution < 1.29 is 14.5 Å². The van der Waals surface area contributed by atoms with E-state index >= 15 is 0 Å². The van der Waals surface area contributed by atoms with Crippen molar-refractivity contribution >= 4 is 11.8 Å². The molecule has 20 heavy (non-hydrogen) atoms. The smallest absolute Gasteiger partial charge is 0.408 e. The molecule has 1 aromatic carbocycles. The molecule has 1 atom stereocenters. The molecule has 0 spiro atoms. The van der Waals surface area contributed by atoms with Crippen LogP contribution in [0.4, 0.5) is 10.5 Å². The third kappa shape index (κ3) is 4.22. The largest absolute Gasteiger partial charge is 0.444 e. The summed E-state index contributed by atoms with van der Waals surface area (Å²) in [5.74, 6) is 0. The summed E-state index contributed by atoms with van der Waals surface area (Å²) in [5, 5.41) is 13.6. The van der Waals surface area contributed by atoms with Gasteiger partial charge in [0, 0.05) is 11.6 Å². The van der Waals surface area contributed by atoms with E-state index in [2.05, 4.69) is 5.32 Å². The molecular weight excluding hydrogens is 260 g/mol. The number of rotatable bonds is 3. The first-order valence-corrected chi connectivity index (χ1v) is 6.35. The van der Waals surface area contributed by atoms with Gasteiger partial charge in [-0.15, -0.1) is 0 Å². The Morgan fingerprint density at radius 2 is 2.00 bits per heavy atom. The Morgan fingerprint density at radius 1 is 1.40 bits per heavy atom. The van der Waals surface area contributed by atoms with Crippen LogP contribution in [-0.4, -0.2) is 16.6 Å². The molecule has 1 amide bonds. The minimum Gasteiger partial charge on any atom is -0.444 e. The van der Waals surface area contributed by atoms with Gasteiger partial charge in [0.2, 0.25) is 0 Å². The van der Waals surface area contributed by atoms with Crippen molar-refractivity contribution in [3.8, 4) is 0 Å². The Balaban J connectivity index is 2.88. The second-order valence-corrected chi connectivity index (χ2v) is 5.62. The molecule has 1 aromatic rings. The molecule has 1 unspecified atom stereocenters. The molecule has 0 aliphatic rings. The van der Waals surface area contributed by atoms with Crippen molar-refractivity contribution in [3.05, 3.63) is 39.4 Å². The van der Waals surface area contributed by atoms with Crippen LogP contribution in [0.25, 0.3) is 0 Å². The van der Waals surface area contributed by atoms with E-state index in [1.54, 1.807) is 46.8 Å². The van der Waals surface area contributed by atoms with Crippen molar-refractivity contribution in [2.24, 2.45) is 0 Å². The fourth-order valence-corrected chi connectivity index (χ4v) is 1.87. The van der Waals surface area contributed by atoms with Gasteiger partial charge in [0.15, 0.2) is 0 Å². The van der Waals surface area contributed by atoms with E-state index in [0.717, 1.165) is 0 Å². The van der Waals surface area contributed by atoms with Gasteiger partial charge in [-0.1, -0.05) is 12.1 Å². The number of hydrogen-bond donors (Lipinski definition) is 1. The predicted molar refractivity (Wildman–Crippen MR) is 75.6 cm³/mol. The fraction of sp³-hybridized carbons (Fsp3) is 0.500. The van der Waals surface area contributed by atoms with E-state index in [0.29, 0.717) is 11.1 Å². The first kappa shape index (κ1) is 15.9. The van der Waals surface area contributed by atoms with Gasteiger partial charge in [0.25, 0.3) is 5.69 Å². The molecule has 110 valence electrons. The number of hydrogen-bond acceptors (Lipinski definition) is 4. The summed E-state index contributed by atoms with van der Waals surface area (Å²) in [7, 11) is 0. The van der Waals surface area contributed by atoms with Crippen LogP contribution in [-0.2, 0) is 4.74 Å². The van der Waals surface area contributed by atoms with E-state index < -0.39 is 16.6 Å². The summed E-state index contributed by atoms with van der Waals surface area (Å²) in [6, 6.07) is 4.43. The molecule has 0 bridgehead atoms. The van der Waals surface area contributed by atoms with Gasteiger partial charge in [-0.2, -0.15) is 0 Å². The predicted octanol–water partition coefficient (Wildman–Crippen LogP) is 3.49. The normalized spacial score (nSPS) is 12.7. The first-order chi connectivity index (χ1) is 9.11. The Bertz CT molecular complexity index is 520. The average molecular weight is 280 g/mol. The summed E-state index contributed by atoms with van der Waals surface area (Å²) in [4.78, 5) is 22.2. The lowest BCUT2D eigenvalue weighted by Gasteiger charge is -2.22. The van der Waals surface area contributed by atoms with Crippen LogP contribution in [0, 0.1) is 17.0 Å². The number of benzene rings is 1. The molecule has 0 aliphatic carbocycles. The maximum atomic E-state index is 11.7. The van der Waals surface area contributed by atoms with Crippen LogP contribution < -0.4 is 5.32 Å². The zero-order valence-electron chi connectivity index (χ0n) is 12.4. The molecule has 1 rings (SSSR count). The topological polar surface area (TPSA) is 81.5 Å². The Kier molecular flexibility index (Phi) is 4.70. The van der Waals surface area contributed by atoms with Crippen LogP contribution >= 0.6 is 0 Å². The minimum atomic E-state index is -0.582. The van der Waals surface area contributed by atoms with E-state index in [9.17, 15) is 14.9 Å². The molecule has 6 heteroatoms. The summed E-state index contributed by atoms with van der Waals surface area (Å²) in [6.45, 7) is 8.75. The number of carbonyl (C=O) groups is 1. The molecule has 0 heterocycles. The highest BCUT2D eigenvalue weighted by molar-refractivity contribution is 5.68. The van der Waals surface area contributed by atoms with Gasteiger partial charge in [-0.05, 0) is 40.2 Å². The van der Waals surface area contributed by atoms with Gasteiger partial charge >= 0.3 is 6.09 Å². The third-order valence-corrected chi connectivity index (χ3v) is 2.74. The number of alkyl carbamates (subject to hydrolysis) is 1. The molecule has 6 nitrogen and oxygen atoms in total. The second-order valence-electron chi connectivity index (χ2n) is 5.62. The van der Waals surface area contributed by atoms with Crippen LogP contribution in [0.15, 0.2) is 18.2 Å². The summed E-state index contributed by atoms with van der Waals surface area (Å²) in [5.41, 5.74) is 0.702. The Hall–Kier alpha value is -2.11. The molecular formula is C14H20N2O4. The zero-order valence-corrected chi connectivity index (χ0v) is 12.4. The lowest BCUT2D eigenvalue weighted by molar-refractivity contribution is -0.385. The molecule has 0 saturated carbocycles. The van der Waals surface area contributed by atoms with E-state index in [1.165, 1.54) is 6.07 Å². The fourth-order valence-electron chi connectivity index (χ4n) is 1.87. The van der Waals surface area contributed by atoms with Gasteiger partial charge in [0.05, 0.1) is 11.0 Å². The third-order valence-electron chi connectivity index (χ3n) is 2.74. The number of nitro benzene ring substituents is 1. The molecule has 0 fully saturated rings. The highest BCUT2D eigenvalue weighted by Gasteiger charge is 2.21. The molecule has 0 aliphatic heterocycles. The summed E-state index contributed by atoms with van der Waals surface area (Å²) in [6.07, 6.45) is -0.545. The molecule has 0 saturated heterocycles. The van der Waals surface area contributed by atoms with Gasteiger partial charge in [-0.3, -0.25) is 10.1 Å². The lowest BCUT2D eigenvalue weighted by atomic mass is 10.0. The van der Waals surface area contributed by atoms with Crippen molar-refractivity contribution in [1.29, 1.82) is 0 Å². The zero-order chi connectivity index (χ0) is 15.5. The number of ether oxygens (including phenoxy) is 1. The number of nitro groups is 1. The second kappa shape index (κ2) is 5.90. The highest BCUT2D eigenvalue weighted by atomic mass is 16.6. The minimum absolute atomic E-state index is 0.0420. The van der Waals surface area contributed by atoms with E-state index in [1.807, 2.05) is 0 Å². The Morgan fingerprint density at radius 3 is 2.50 bits per heavy atom. The monoisotopic (exact) mass is 280 g/mol. The van der Waals surface area contributed by atoms with Gasteiger partial charge in [-0.25, -0.2) is 4.79 Å². The lowest BCUT2D eigenvalue weighted by Crippen LogP contribution is -2.34. The molecule has 0 aromatic heterocycles. The van der Waals surface area contributed by atoms with Crippen LogP contribution in [0.3, 0.4) is 0 Å². The van der Waals surface area contributed by atoms with Crippen LogP contribution in [0.1, 0.15) is 44.9 Å². The van der Waals surface area contributed by atoms with E-state index in [-0.39, 0.29) is 11.7 Å². The van der Waals surface area contributed by atoms with Crippen molar-refractivity contribution in [1.82, 2.24) is 5.32 Å². The highest BCUT2D eigenvalue weighted by Crippen LogP contribution is 2.25. The van der Waals surface area contributed by atoms with Crippen molar-refractivity contribution in [2.45, 2.75) is 46.3 Å². The summed E-state index contributed by atoms with van der Waals surface area (Å²) >= 11 is 0. The number of nitrogens with zero attached hydrogens (tertiary/aromatic N) is 1. The van der Waals surface area contributed by atoms with Crippen molar-refractivity contribution in [2.75, 3.05) is 0 Å².